The fourth-order valence-electron chi connectivity index (χ4n) is 3.57. The van der Waals surface area contributed by atoms with Crippen molar-refractivity contribution in [1.82, 2.24) is 14.8 Å². The topological polar surface area (TPSA) is 73.7 Å². The number of Topliss-reactive ketones (excluding diaryl/α,β-unsaturated/α-hetero) is 1. The summed E-state index contributed by atoms with van der Waals surface area (Å²) in [5.74, 6) is -1.28. The van der Waals surface area contributed by atoms with Crippen molar-refractivity contribution in [3.63, 3.8) is 0 Å². The Morgan fingerprint density at radius 3 is 2.41 bits per heavy atom. The number of aromatic nitrogens is 1. The van der Waals surface area contributed by atoms with Crippen LogP contribution in [0.5, 0.6) is 0 Å². The molecule has 0 spiro atoms. The number of benzene rings is 1. The lowest BCUT2D eigenvalue weighted by Crippen LogP contribution is -2.36. The van der Waals surface area contributed by atoms with Crippen LogP contribution in [-0.2, 0) is 11.2 Å². The molecule has 7 heteroatoms. The Hall–Kier alpha value is -2.51. The molecule has 2 aromatic rings. The molecule has 1 unspecified atom stereocenters. The van der Waals surface area contributed by atoms with Gasteiger partial charge in [-0.25, -0.2) is 4.98 Å². The van der Waals surface area contributed by atoms with Gasteiger partial charge in [-0.1, -0.05) is 31.2 Å². The molecule has 1 aromatic heterocycles. The highest BCUT2D eigenvalue weighted by Crippen LogP contribution is 2.40. The molecule has 0 bridgehead atoms. The lowest BCUT2D eigenvalue weighted by molar-refractivity contribution is -0.129. The molecule has 1 atom stereocenters. The maximum Gasteiger partial charge on any atom is 0.290 e. The summed E-state index contributed by atoms with van der Waals surface area (Å²) in [5.41, 5.74) is 2.76. The van der Waals surface area contributed by atoms with Crippen LogP contribution in [0, 0.1) is 13.8 Å². The lowest BCUT2D eigenvalue weighted by atomic mass is 9.94. The Morgan fingerprint density at radius 2 is 1.90 bits per heavy atom. The first-order valence-corrected chi connectivity index (χ1v) is 10.5. The van der Waals surface area contributed by atoms with Crippen LogP contribution in [-0.4, -0.2) is 58.8 Å². The largest absolute Gasteiger partial charge is 0.503 e. The van der Waals surface area contributed by atoms with Crippen molar-refractivity contribution in [2.24, 2.45) is 0 Å². The van der Waals surface area contributed by atoms with Crippen LogP contribution >= 0.6 is 11.3 Å². The third-order valence-corrected chi connectivity index (χ3v) is 6.22. The number of rotatable bonds is 7. The van der Waals surface area contributed by atoms with Crippen LogP contribution in [0.3, 0.4) is 0 Å². The summed E-state index contributed by atoms with van der Waals surface area (Å²) < 4.78 is 0. The Kier molecular flexibility index (Phi) is 6.19. The number of carbonyl (C=O) groups excluding carboxylic acids is 2. The summed E-state index contributed by atoms with van der Waals surface area (Å²) in [6.07, 6.45) is 0.903. The number of thiazole rings is 1. The molecule has 0 fully saturated rings. The van der Waals surface area contributed by atoms with Crippen molar-refractivity contribution in [1.29, 1.82) is 0 Å². The van der Waals surface area contributed by atoms with Crippen molar-refractivity contribution in [2.75, 3.05) is 27.2 Å². The highest BCUT2D eigenvalue weighted by molar-refractivity contribution is 7.14. The van der Waals surface area contributed by atoms with Crippen LogP contribution in [0.2, 0.25) is 0 Å². The maximum atomic E-state index is 13.4. The standard InChI is InChI=1S/C22H27N3O3S/c1-6-15-7-9-16(10-8-15)18-17(19(26)21-13(2)23-14(3)29-21)20(27)22(28)25(18)12-11-24(4)5/h7-10,18,27H,6,11-12H2,1-5H3. The van der Waals surface area contributed by atoms with Crippen LogP contribution in [0.15, 0.2) is 35.6 Å². The molecule has 1 amide bonds. The normalized spacial score (nSPS) is 17.0. The van der Waals surface area contributed by atoms with E-state index in [2.05, 4.69) is 11.9 Å². The van der Waals surface area contributed by atoms with E-state index in [1.807, 2.05) is 50.2 Å². The van der Waals surface area contributed by atoms with Gasteiger partial charge in [0.05, 0.1) is 27.2 Å². The minimum Gasteiger partial charge on any atom is -0.503 e. The summed E-state index contributed by atoms with van der Waals surface area (Å²) in [6.45, 7) is 6.73. The van der Waals surface area contributed by atoms with Gasteiger partial charge in [-0.05, 0) is 45.5 Å². The van der Waals surface area contributed by atoms with Crippen LogP contribution in [0.1, 0.15) is 44.5 Å². The Balaban J connectivity index is 2.07. The second-order valence-corrected chi connectivity index (χ2v) is 8.74. The van der Waals surface area contributed by atoms with E-state index in [-0.39, 0.29) is 11.4 Å². The summed E-state index contributed by atoms with van der Waals surface area (Å²) >= 11 is 1.29. The van der Waals surface area contributed by atoms with E-state index < -0.39 is 17.7 Å². The van der Waals surface area contributed by atoms with E-state index in [1.54, 1.807) is 11.8 Å². The highest BCUT2D eigenvalue weighted by atomic mass is 32.1. The van der Waals surface area contributed by atoms with E-state index in [9.17, 15) is 14.7 Å². The first-order valence-electron chi connectivity index (χ1n) is 9.71. The van der Waals surface area contributed by atoms with Gasteiger partial charge in [0.2, 0.25) is 5.78 Å². The number of ketones is 1. The van der Waals surface area contributed by atoms with Crippen LogP contribution < -0.4 is 0 Å². The summed E-state index contributed by atoms with van der Waals surface area (Å²) in [5, 5.41) is 11.5. The van der Waals surface area contributed by atoms with Gasteiger partial charge in [0, 0.05) is 13.1 Å². The quantitative estimate of drug-likeness (QED) is 0.704. The second-order valence-electron chi connectivity index (χ2n) is 7.54. The zero-order chi connectivity index (χ0) is 21.3. The minimum absolute atomic E-state index is 0.143. The molecule has 0 saturated heterocycles. The van der Waals surface area contributed by atoms with Crippen molar-refractivity contribution in [2.45, 2.75) is 33.2 Å². The average molecular weight is 414 g/mol. The molecule has 0 aliphatic carbocycles. The minimum atomic E-state index is -0.609. The SMILES string of the molecule is CCc1ccc(C2C(C(=O)c3sc(C)nc3C)=C(O)C(=O)N2CCN(C)C)cc1. The average Bonchev–Trinajstić information content (AvgIpc) is 3.15. The first kappa shape index (κ1) is 21.2. The zero-order valence-electron chi connectivity index (χ0n) is 17.5. The molecule has 2 heterocycles. The number of carbonyl (C=O) groups is 2. The van der Waals surface area contributed by atoms with Crippen molar-refractivity contribution in [3.8, 4) is 0 Å². The van der Waals surface area contributed by atoms with Crippen molar-refractivity contribution < 1.29 is 14.7 Å². The Labute approximate surface area is 175 Å². The van der Waals surface area contributed by atoms with Gasteiger partial charge < -0.3 is 14.9 Å². The predicted molar refractivity (Wildman–Crippen MR) is 114 cm³/mol. The van der Waals surface area contributed by atoms with E-state index >= 15 is 0 Å². The third kappa shape index (κ3) is 4.11. The van der Waals surface area contributed by atoms with Gasteiger partial charge in [-0.15, -0.1) is 11.3 Å². The van der Waals surface area contributed by atoms with Gasteiger partial charge in [0.1, 0.15) is 0 Å². The van der Waals surface area contributed by atoms with E-state index in [4.69, 9.17) is 0 Å². The molecule has 29 heavy (non-hydrogen) atoms. The summed E-state index contributed by atoms with van der Waals surface area (Å²) in [6, 6.07) is 7.28. The van der Waals surface area contributed by atoms with Gasteiger partial charge >= 0.3 is 0 Å². The fourth-order valence-corrected chi connectivity index (χ4v) is 4.44. The number of likely N-dealkylation sites (N-methyl/N-ethyl adjacent to an activating group) is 1. The molecule has 154 valence electrons. The first-order chi connectivity index (χ1) is 13.7. The smallest absolute Gasteiger partial charge is 0.290 e. The maximum absolute atomic E-state index is 13.4. The molecule has 1 aliphatic heterocycles. The fraction of sp³-hybridized carbons (Fsp3) is 0.409. The number of hydrogen-bond donors (Lipinski definition) is 1. The molecule has 1 aliphatic rings. The van der Waals surface area contributed by atoms with Crippen LogP contribution in [0.4, 0.5) is 0 Å². The number of nitrogens with zero attached hydrogens (tertiary/aromatic N) is 3. The number of aliphatic hydroxyl groups excluding tert-OH is 1. The zero-order valence-corrected chi connectivity index (χ0v) is 18.3. The number of hydrogen-bond acceptors (Lipinski definition) is 6. The summed E-state index contributed by atoms with van der Waals surface area (Å²) in [4.78, 5) is 34.7. The van der Waals surface area contributed by atoms with Crippen LogP contribution in [0.25, 0.3) is 0 Å². The monoisotopic (exact) mass is 413 g/mol. The number of aliphatic hydroxyl groups is 1. The van der Waals surface area contributed by atoms with E-state index in [0.717, 1.165) is 17.0 Å². The Morgan fingerprint density at radius 1 is 1.24 bits per heavy atom. The molecule has 0 radical (unpaired) electrons. The van der Waals surface area contributed by atoms with Gasteiger partial charge in [-0.3, -0.25) is 9.59 Å². The molecule has 1 aromatic carbocycles. The van der Waals surface area contributed by atoms with Gasteiger partial charge in [-0.2, -0.15) is 0 Å². The predicted octanol–water partition coefficient (Wildman–Crippen LogP) is 3.46. The van der Waals surface area contributed by atoms with Crippen molar-refractivity contribution >= 4 is 23.0 Å². The molecule has 1 N–H and O–H groups in total. The number of aryl methyl sites for hydroxylation is 3. The van der Waals surface area contributed by atoms with E-state index in [0.29, 0.717) is 23.7 Å². The Bertz CT molecular complexity index is 960. The van der Waals surface area contributed by atoms with Crippen molar-refractivity contribution in [3.05, 3.63) is 62.3 Å². The highest BCUT2D eigenvalue weighted by Gasteiger charge is 2.44. The van der Waals surface area contributed by atoms with E-state index in [1.165, 1.54) is 16.9 Å². The lowest BCUT2D eigenvalue weighted by Gasteiger charge is -2.28. The van der Waals surface area contributed by atoms with Gasteiger partial charge in [0.25, 0.3) is 5.91 Å². The molecule has 0 saturated carbocycles. The third-order valence-electron chi connectivity index (χ3n) is 5.15. The summed E-state index contributed by atoms with van der Waals surface area (Å²) in [7, 11) is 3.85. The molecule has 6 nitrogen and oxygen atoms in total. The van der Waals surface area contributed by atoms with Gasteiger partial charge in [0.15, 0.2) is 5.76 Å². The molecular formula is C22H27N3O3S. The second kappa shape index (κ2) is 8.47. The number of amides is 1. The molecule has 3 rings (SSSR count). The molecular weight excluding hydrogens is 386 g/mol.